The lowest BCUT2D eigenvalue weighted by Gasteiger charge is -2.25. The first kappa shape index (κ1) is 9.57. The van der Waals surface area contributed by atoms with Crippen molar-refractivity contribution in [2.75, 3.05) is 6.61 Å². The molecule has 0 spiro atoms. The Morgan fingerprint density at radius 1 is 1.29 bits per heavy atom. The third kappa shape index (κ3) is 2.09. The van der Waals surface area contributed by atoms with E-state index in [0.29, 0.717) is 0 Å². The molecule has 1 aromatic carbocycles. The van der Waals surface area contributed by atoms with Gasteiger partial charge in [0.25, 0.3) is 0 Å². The molecule has 0 saturated heterocycles. The van der Waals surface area contributed by atoms with E-state index in [0.717, 1.165) is 24.7 Å². The Balaban J connectivity index is 1.93. The van der Waals surface area contributed by atoms with E-state index < -0.39 is 0 Å². The largest absolute Gasteiger partial charge is 0.493 e. The van der Waals surface area contributed by atoms with Gasteiger partial charge in [-0.1, -0.05) is 31.5 Å². The van der Waals surface area contributed by atoms with Crippen molar-refractivity contribution in [2.24, 2.45) is 5.92 Å². The fraction of sp³-hybridized carbons (Fsp3) is 0.538. The molecule has 1 heteroatoms. The number of hydrogen-bond acceptors (Lipinski definition) is 1. The molecule has 0 aromatic heterocycles. The van der Waals surface area contributed by atoms with Crippen LogP contribution in [0.2, 0.25) is 0 Å². The number of aryl methyl sites for hydroxylation is 1. The molecule has 2 rings (SSSR count). The summed E-state index contributed by atoms with van der Waals surface area (Å²) in [6.45, 7) is 3.09. The molecule has 14 heavy (non-hydrogen) atoms. The molecule has 0 amide bonds. The van der Waals surface area contributed by atoms with Crippen LogP contribution >= 0.6 is 0 Å². The molecule has 1 aliphatic rings. The van der Waals surface area contributed by atoms with E-state index in [2.05, 4.69) is 31.2 Å². The van der Waals surface area contributed by atoms with E-state index in [1.54, 1.807) is 0 Å². The Morgan fingerprint density at radius 2 is 2.07 bits per heavy atom. The number of rotatable bonds is 4. The van der Waals surface area contributed by atoms with Crippen molar-refractivity contribution in [3.8, 4) is 5.75 Å². The number of benzene rings is 1. The molecule has 1 fully saturated rings. The van der Waals surface area contributed by atoms with Crippen molar-refractivity contribution in [3.05, 3.63) is 29.8 Å². The van der Waals surface area contributed by atoms with Crippen LogP contribution in [0.1, 0.15) is 31.7 Å². The van der Waals surface area contributed by atoms with Gasteiger partial charge in [0.1, 0.15) is 5.75 Å². The Morgan fingerprint density at radius 3 is 2.71 bits per heavy atom. The first-order valence-electron chi connectivity index (χ1n) is 5.61. The highest BCUT2D eigenvalue weighted by Gasteiger charge is 2.18. The Labute approximate surface area is 86.1 Å². The second-order valence-corrected chi connectivity index (χ2v) is 4.07. The van der Waals surface area contributed by atoms with Gasteiger partial charge in [0.05, 0.1) is 6.61 Å². The number of ether oxygens (including phenoxy) is 1. The van der Waals surface area contributed by atoms with Crippen LogP contribution in [0.3, 0.4) is 0 Å². The number of para-hydroxylation sites is 1. The molecular formula is C13H18O. The van der Waals surface area contributed by atoms with Gasteiger partial charge < -0.3 is 4.74 Å². The summed E-state index contributed by atoms with van der Waals surface area (Å²) in [7, 11) is 0. The molecule has 1 aromatic rings. The van der Waals surface area contributed by atoms with Gasteiger partial charge in [-0.05, 0) is 36.8 Å². The minimum atomic E-state index is 0.819. The van der Waals surface area contributed by atoms with Crippen molar-refractivity contribution >= 4 is 0 Å². The minimum absolute atomic E-state index is 0.819. The van der Waals surface area contributed by atoms with Crippen LogP contribution in [-0.2, 0) is 6.42 Å². The van der Waals surface area contributed by atoms with E-state index in [4.69, 9.17) is 4.74 Å². The lowest BCUT2D eigenvalue weighted by molar-refractivity contribution is 0.179. The molecule has 0 radical (unpaired) electrons. The van der Waals surface area contributed by atoms with Crippen LogP contribution in [0.25, 0.3) is 0 Å². The van der Waals surface area contributed by atoms with Crippen LogP contribution in [0, 0.1) is 5.92 Å². The number of hydrogen-bond donors (Lipinski definition) is 0. The van der Waals surface area contributed by atoms with Crippen LogP contribution < -0.4 is 4.74 Å². The maximum atomic E-state index is 5.83. The van der Waals surface area contributed by atoms with Crippen LogP contribution in [0.4, 0.5) is 0 Å². The summed E-state index contributed by atoms with van der Waals surface area (Å²) in [5.74, 6) is 1.90. The summed E-state index contributed by atoms with van der Waals surface area (Å²) in [4.78, 5) is 0. The Bertz CT molecular complexity index is 289. The topological polar surface area (TPSA) is 9.23 Å². The summed E-state index contributed by atoms with van der Waals surface area (Å²) in [5, 5.41) is 0. The average molecular weight is 190 g/mol. The van der Waals surface area contributed by atoms with E-state index in [9.17, 15) is 0 Å². The maximum Gasteiger partial charge on any atom is 0.122 e. The molecule has 1 aliphatic carbocycles. The third-order valence-corrected chi connectivity index (χ3v) is 3.05. The fourth-order valence-corrected chi connectivity index (χ4v) is 1.80. The zero-order chi connectivity index (χ0) is 9.80. The smallest absolute Gasteiger partial charge is 0.122 e. The van der Waals surface area contributed by atoms with Crippen molar-refractivity contribution in [3.63, 3.8) is 0 Å². The monoisotopic (exact) mass is 190 g/mol. The predicted molar refractivity (Wildman–Crippen MR) is 58.7 cm³/mol. The maximum absolute atomic E-state index is 5.83. The molecule has 0 atom stereocenters. The molecular weight excluding hydrogens is 172 g/mol. The van der Waals surface area contributed by atoms with Gasteiger partial charge in [-0.15, -0.1) is 0 Å². The Kier molecular flexibility index (Phi) is 3.07. The third-order valence-electron chi connectivity index (χ3n) is 3.05. The predicted octanol–water partition coefficient (Wildman–Crippen LogP) is 3.43. The Hall–Kier alpha value is -0.980. The zero-order valence-electron chi connectivity index (χ0n) is 8.83. The zero-order valence-corrected chi connectivity index (χ0v) is 8.83. The summed E-state index contributed by atoms with van der Waals surface area (Å²) >= 11 is 0. The molecule has 1 saturated carbocycles. The molecule has 0 N–H and O–H groups in total. The van der Waals surface area contributed by atoms with Crippen LogP contribution in [-0.4, -0.2) is 6.61 Å². The van der Waals surface area contributed by atoms with Crippen LogP contribution in [0.5, 0.6) is 5.75 Å². The summed E-state index contributed by atoms with van der Waals surface area (Å²) in [6.07, 6.45) is 5.16. The lowest BCUT2D eigenvalue weighted by atomic mass is 9.86. The van der Waals surface area contributed by atoms with Gasteiger partial charge in [0.15, 0.2) is 0 Å². The van der Waals surface area contributed by atoms with Crippen LogP contribution in [0.15, 0.2) is 24.3 Å². The van der Waals surface area contributed by atoms with E-state index in [-0.39, 0.29) is 0 Å². The van der Waals surface area contributed by atoms with Crippen molar-refractivity contribution in [1.82, 2.24) is 0 Å². The summed E-state index contributed by atoms with van der Waals surface area (Å²) in [6, 6.07) is 8.36. The molecule has 76 valence electrons. The van der Waals surface area contributed by atoms with Gasteiger partial charge in [-0.3, -0.25) is 0 Å². The molecule has 0 bridgehead atoms. The van der Waals surface area contributed by atoms with Gasteiger partial charge in [0, 0.05) is 0 Å². The lowest BCUT2D eigenvalue weighted by Crippen LogP contribution is -2.19. The highest BCUT2D eigenvalue weighted by molar-refractivity contribution is 5.33. The normalized spacial score (nSPS) is 16.4. The molecule has 0 unspecified atom stereocenters. The van der Waals surface area contributed by atoms with E-state index in [1.165, 1.54) is 24.8 Å². The minimum Gasteiger partial charge on any atom is -0.493 e. The summed E-state index contributed by atoms with van der Waals surface area (Å²) in [5.41, 5.74) is 1.33. The van der Waals surface area contributed by atoms with Crippen molar-refractivity contribution < 1.29 is 4.74 Å². The first-order valence-corrected chi connectivity index (χ1v) is 5.61. The molecule has 0 aliphatic heterocycles. The quantitative estimate of drug-likeness (QED) is 0.706. The van der Waals surface area contributed by atoms with Gasteiger partial charge >= 0.3 is 0 Å². The van der Waals surface area contributed by atoms with Crippen molar-refractivity contribution in [2.45, 2.75) is 32.6 Å². The first-order chi connectivity index (χ1) is 6.90. The fourth-order valence-electron chi connectivity index (χ4n) is 1.80. The second-order valence-electron chi connectivity index (χ2n) is 4.07. The SMILES string of the molecule is CCc1ccccc1OCC1CCC1. The molecule has 0 heterocycles. The highest BCUT2D eigenvalue weighted by atomic mass is 16.5. The van der Waals surface area contributed by atoms with Gasteiger partial charge in [0.2, 0.25) is 0 Å². The standard InChI is InChI=1S/C13H18O/c1-2-12-8-3-4-9-13(12)14-10-11-6-5-7-11/h3-4,8-9,11H,2,5-7,10H2,1H3. The van der Waals surface area contributed by atoms with E-state index in [1.807, 2.05) is 0 Å². The van der Waals surface area contributed by atoms with Gasteiger partial charge in [-0.25, -0.2) is 0 Å². The van der Waals surface area contributed by atoms with Gasteiger partial charge in [-0.2, -0.15) is 0 Å². The highest BCUT2D eigenvalue weighted by Crippen LogP contribution is 2.28. The average Bonchev–Trinajstić information content (AvgIpc) is 2.16. The van der Waals surface area contributed by atoms with E-state index >= 15 is 0 Å². The second kappa shape index (κ2) is 4.50. The summed E-state index contributed by atoms with van der Waals surface area (Å²) < 4.78 is 5.83. The molecule has 1 nitrogen and oxygen atoms in total. The van der Waals surface area contributed by atoms with Crippen molar-refractivity contribution in [1.29, 1.82) is 0 Å².